The minimum Gasteiger partial charge on any atom is -0.487 e. The largest absolute Gasteiger partial charge is 0.487 e. The van der Waals surface area contributed by atoms with Gasteiger partial charge in [0.25, 0.3) is 5.91 Å². The molecule has 43 heavy (non-hydrogen) atoms. The maximum Gasteiger partial charge on any atom is 0.257 e. The first-order chi connectivity index (χ1) is 20.3. The van der Waals surface area contributed by atoms with Gasteiger partial charge in [-0.2, -0.15) is 0 Å². The summed E-state index contributed by atoms with van der Waals surface area (Å²) in [6.07, 6.45) is 2.64. The zero-order valence-corrected chi connectivity index (χ0v) is 27.2. The smallest absolute Gasteiger partial charge is 0.257 e. The number of fused-ring (bicyclic) bond motifs is 1. The number of benzene rings is 1. The van der Waals surface area contributed by atoms with Crippen LogP contribution in [0, 0.1) is 33.5 Å². The van der Waals surface area contributed by atoms with E-state index in [1.54, 1.807) is 23.5 Å². The molecule has 0 radical (unpaired) electrons. The van der Waals surface area contributed by atoms with Gasteiger partial charge in [0.15, 0.2) is 0 Å². The molecule has 6 rings (SSSR count). The summed E-state index contributed by atoms with van der Waals surface area (Å²) >= 11 is 1.69. The Morgan fingerprint density at radius 3 is 2.40 bits per heavy atom. The van der Waals surface area contributed by atoms with E-state index in [1.807, 2.05) is 29.6 Å². The Bertz CT molecular complexity index is 1670. The molecule has 2 aliphatic rings. The average molecular weight is 605 g/mol. The van der Waals surface area contributed by atoms with Crippen molar-refractivity contribution in [1.82, 2.24) is 29.4 Å². The van der Waals surface area contributed by atoms with Crippen molar-refractivity contribution in [3.63, 3.8) is 0 Å². The molecule has 0 saturated carbocycles. The van der Waals surface area contributed by atoms with Gasteiger partial charge in [-0.3, -0.25) is 9.69 Å². The van der Waals surface area contributed by atoms with Crippen molar-refractivity contribution in [1.29, 1.82) is 0 Å². The Kier molecular flexibility index (Phi) is 7.28. The lowest BCUT2D eigenvalue weighted by Gasteiger charge is -2.43. The third-order valence-corrected chi connectivity index (χ3v) is 10.5. The molecule has 1 aromatic carbocycles. The summed E-state index contributed by atoms with van der Waals surface area (Å²) < 4.78 is 24.4. The number of hydrogen-bond acceptors (Lipinski definition) is 6. The van der Waals surface area contributed by atoms with Crippen LogP contribution in [0.25, 0.3) is 5.00 Å². The number of hydrogen-bond donors (Lipinski definition) is 0. The quantitative estimate of drug-likeness (QED) is 0.266. The predicted molar refractivity (Wildman–Crippen MR) is 167 cm³/mol. The normalized spacial score (nSPS) is 18.9. The molecule has 3 aromatic heterocycles. The zero-order valence-electron chi connectivity index (χ0n) is 26.4. The lowest BCUT2D eigenvalue weighted by atomic mass is 9.89. The highest BCUT2D eigenvalue weighted by Crippen LogP contribution is 2.42. The van der Waals surface area contributed by atoms with Gasteiger partial charge < -0.3 is 14.2 Å². The van der Waals surface area contributed by atoms with E-state index in [1.165, 1.54) is 10.9 Å². The number of nitrogens with zero attached hydrogens (tertiary/aromatic N) is 6. The number of ether oxygens (including phenoxy) is 1. The monoisotopic (exact) mass is 604 g/mol. The van der Waals surface area contributed by atoms with E-state index in [-0.39, 0.29) is 17.8 Å². The topological polar surface area (TPSA) is 68.4 Å². The molecule has 0 aliphatic carbocycles. The third-order valence-electron chi connectivity index (χ3n) is 9.27. The number of thiophene rings is 1. The SMILES string of the molecule is Cc1sc(-n2c(C)ccc2C)c(C(=O)N2CCN(C(C)(C)c3cn([C@@H]4CC(C)(C)Oc5ccc(F)cc54)nn3)CC2)c1C. The fourth-order valence-electron chi connectivity index (χ4n) is 6.53. The number of carbonyl (C=O) groups is 1. The Morgan fingerprint density at radius 1 is 1.05 bits per heavy atom. The van der Waals surface area contributed by atoms with E-state index in [0.717, 1.165) is 51.9 Å². The number of piperazine rings is 1. The predicted octanol–water partition coefficient (Wildman–Crippen LogP) is 6.35. The molecule has 1 amide bonds. The Morgan fingerprint density at radius 2 is 1.72 bits per heavy atom. The number of rotatable bonds is 5. The van der Waals surface area contributed by atoms with E-state index in [0.29, 0.717) is 25.3 Å². The fourth-order valence-corrected chi connectivity index (χ4v) is 7.80. The van der Waals surface area contributed by atoms with Crippen molar-refractivity contribution in [3.05, 3.63) is 81.0 Å². The maximum atomic E-state index is 14.2. The first-order valence-electron chi connectivity index (χ1n) is 15.0. The van der Waals surface area contributed by atoms with Crippen LogP contribution in [0.3, 0.4) is 0 Å². The molecule has 8 nitrogen and oxygen atoms in total. The molecule has 2 aliphatic heterocycles. The molecular weight excluding hydrogens is 563 g/mol. The van der Waals surface area contributed by atoms with E-state index < -0.39 is 11.1 Å². The Hall–Kier alpha value is -3.50. The third kappa shape index (κ3) is 5.18. The van der Waals surface area contributed by atoms with E-state index in [4.69, 9.17) is 4.74 Å². The van der Waals surface area contributed by atoms with Crippen molar-refractivity contribution in [2.75, 3.05) is 26.2 Å². The number of carbonyl (C=O) groups excluding carboxylic acids is 1. The van der Waals surface area contributed by atoms with Crippen LogP contribution in [0.15, 0.2) is 36.5 Å². The van der Waals surface area contributed by atoms with Gasteiger partial charge in [0.2, 0.25) is 0 Å². The highest BCUT2D eigenvalue weighted by Gasteiger charge is 2.39. The van der Waals surface area contributed by atoms with Gasteiger partial charge in [0, 0.05) is 54.4 Å². The molecule has 4 aromatic rings. The molecule has 1 saturated heterocycles. The van der Waals surface area contributed by atoms with Crippen LogP contribution < -0.4 is 4.74 Å². The molecule has 0 spiro atoms. The maximum absolute atomic E-state index is 14.2. The van der Waals surface area contributed by atoms with Crippen molar-refractivity contribution < 1.29 is 13.9 Å². The minimum atomic E-state index is -0.419. The van der Waals surface area contributed by atoms with Crippen molar-refractivity contribution in [2.24, 2.45) is 0 Å². The van der Waals surface area contributed by atoms with Gasteiger partial charge >= 0.3 is 0 Å². The van der Waals surface area contributed by atoms with Gasteiger partial charge in [-0.05, 0) is 91.3 Å². The number of aryl methyl sites for hydroxylation is 3. The van der Waals surface area contributed by atoms with Crippen LogP contribution in [-0.2, 0) is 5.54 Å². The minimum absolute atomic E-state index is 0.0979. The lowest BCUT2D eigenvalue weighted by Crippen LogP contribution is -2.54. The Labute approximate surface area is 257 Å². The van der Waals surface area contributed by atoms with Gasteiger partial charge in [-0.25, -0.2) is 9.07 Å². The molecule has 0 unspecified atom stereocenters. The summed E-state index contributed by atoms with van der Waals surface area (Å²) in [6, 6.07) is 8.70. The van der Waals surface area contributed by atoms with Crippen LogP contribution >= 0.6 is 11.3 Å². The summed E-state index contributed by atoms with van der Waals surface area (Å²) in [6.45, 7) is 19.4. The number of amides is 1. The van der Waals surface area contributed by atoms with Gasteiger partial charge in [-0.1, -0.05) is 5.21 Å². The molecule has 0 bridgehead atoms. The standard InChI is InChI=1S/C33H41FN6O2S/c1-20-9-10-21(2)40(20)31-29(22(3)23(4)43-31)30(41)37-13-15-38(16-14-37)33(7,8)28-19-39(36-35-28)26-18-32(5,6)42-27-12-11-24(34)17-25(26)27/h9-12,17,19,26H,13-16,18H2,1-8H3/t26-/m1/s1. The van der Waals surface area contributed by atoms with Crippen LogP contribution in [0.2, 0.25) is 0 Å². The van der Waals surface area contributed by atoms with E-state index in [9.17, 15) is 9.18 Å². The molecular formula is C33H41FN6O2S. The van der Waals surface area contributed by atoms with Crippen LogP contribution in [-0.4, -0.2) is 67.0 Å². The Balaban J connectivity index is 1.20. The molecule has 5 heterocycles. The molecule has 1 atom stereocenters. The molecule has 228 valence electrons. The number of aromatic nitrogens is 4. The molecule has 10 heteroatoms. The van der Waals surface area contributed by atoms with Crippen LogP contribution in [0.4, 0.5) is 4.39 Å². The highest BCUT2D eigenvalue weighted by atomic mass is 32.1. The first kappa shape index (κ1) is 29.6. The second-order valence-corrected chi connectivity index (χ2v) is 14.3. The first-order valence-corrected chi connectivity index (χ1v) is 15.8. The van der Waals surface area contributed by atoms with E-state index >= 15 is 0 Å². The molecule has 1 fully saturated rings. The second kappa shape index (κ2) is 10.6. The molecule has 0 N–H and O–H groups in total. The zero-order chi connectivity index (χ0) is 30.8. The number of halogens is 1. The van der Waals surface area contributed by atoms with Gasteiger partial charge in [-0.15, -0.1) is 16.4 Å². The van der Waals surface area contributed by atoms with Crippen molar-refractivity contribution in [2.45, 2.75) is 79.0 Å². The summed E-state index contributed by atoms with van der Waals surface area (Å²) in [5.41, 5.74) is 4.95. The fraction of sp³-hybridized carbons (Fsp3) is 0.485. The van der Waals surface area contributed by atoms with Gasteiger partial charge in [0.1, 0.15) is 27.9 Å². The average Bonchev–Trinajstić information content (AvgIpc) is 3.66. The highest BCUT2D eigenvalue weighted by molar-refractivity contribution is 7.15. The second-order valence-electron chi connectivity index (χ2n) is 13.1. The summed E-state index contributed by atoms with van der Waals surface area (Å²) in [4.78, 5) is 19.5. The van der Waals surface area contributed by atoms with Crippen molar-refractivity contribution >= 4 is 17.2 Å². The van der Waals surface area contributed by atoms with E-state index in [2.05, 4.69) is 73.5 Å². The lowest BCUT2D eigenvalue weighted by molar-refractivity contribution is 0.0377. The summed E-state index contributed by atoms with van der Waals surface area (Å²) in [7, 11) is 0. The summed E-state index contributed by atoms with van der Waals surface area (Å²) in [5.74, 6) is 0.487. The van der Waals surface area contributed by atoms with Gasteiger partial charge in [0.05, 0.1) is 23.3 Å². The van der Waals surface area contributed by atoms with Crippen molar-refractivity contribution in [3.8, 4) is 10.8 Å². The van der Waals surface area contributed by atoms with Crippen LogP contribution in [0.1, 0.15) is 83.6 Å². The van der Waals surface area contributed by atoms with Crippen LogP contribution in [0.5, 0.6) is 5.75 Å². The summed E-state index contributed by atoms with van der Waals surface area (Å²) in [5, 5.41) is 10.2.